The third-order valence-corrected chi connectivity index (χ3v) is 5.00. The van der Waals surface area contributed by atoms with E-state index in [1.807, 2.05) is 29.2 Å². The summed E-state index contributed by atoms with van der Waals surface area (Å²) in [4.78, 5) is 26.7. The van der Waals surface area contributed by atoms with Crippen LogP contribution in [0.4, 0.5) is 0 Å². The minimum atomic E-state index is -0.0725. The smallest absolute Gasteiger partial charge is 0.253 e. The van der Waals surface area contributed by atoms with Crippen molar-refractivity contribution in [3.63, 3.8) is 0 Å². The van der Waals surface area contributed by atoms with Crippen LogP contribution in [0.5, 0.6) is 11.5 Å². The van der Waals surface area contributed by atoms with Crippen molar-refractivity contribution in [1.29, 1.82) is 0 Å². The van der Waals surface area contributed by atoms with Crippen LogP contribution in [0.25, 0.3) is 6.08 Å². The molecule has 1 fully saturated rings. The standard InChI is InChI=1S/C20H27N3O4/c1-26-17-5-6-18-14(11-17)10-15(13-27-18)20(25)23-9-3-2-4-16(23)12-22-19(24)7-8-21/h5-6,10-11,16H,2-4,7-9,12-13,21H2,1H3,(H,22,24). The van der Waals surface area contributed by atoms with Crippen LogP contribution >= 0.6 is 0 Å². The molecule has 2 aliphatic rings. The maximum atomic E-state index is 13.1. The number of fused-ring (bicyclic) bond motifs is 1. The highest BCUT2D eigenvalue weighted by atomic mass is 16.5. The summed E-state index contributed by atoms with van der Waals surface area (Å²) in [6.07, 6.45) is 5.09. The van der Waals surface area contributed by atoms with Gasteiger partial charge in [-0.25, -0.2) is 0 Å². The summed E-state index contributed by atoms with van der Waals surface area (Å²) in [6, 6.07) is 5.55. The Morgan fingerprint density at radius 3 is 3.00 bits per heavy atom. The molecule has 2 heterocycles. The molecule has 3 N–H and O–H groups in total. The van der Waals surface area contributed by atoms with Gasteiger partial charge in [0.25, 0.3) is 5.91 Å². The van der Waals surface area contributed by atoms with E-state index >= 15 is 0 Å². The highest BCUT2D eigenvalue weighted by molar-refractivity contribution is 5.99. The monoisotopic (exact) mass is 373 g/mol. The number of nitrogens with zero attached hydrogens (tertiary/aromatic N) is 1. The molecule has 0 saturated carbocycles. The second kappa shape index (κ2) is 8.90. The zero-order valence-corrected chi connectivity index (χ0v) is 15.7. The molecule has 1 saturated heterocycles. The number of methoxy groups -OCH3 is 1. The van der Waals surface area contributed by atoms with E-state index in [2.05, 4.69) is 5.32 Å². The van der Waals surface area contributed by atoms with E-state index in [-0.39, 0.29) is 24.5 Å². The van der Waals surface area contributed by atoms with Gasteiger partial charge in [0.15, 0.2) is 0 Å². The molecule has 1 atom stereocenters. The minimum absolute atomic E-state index is 0.000538. The summed E-state index contributed by atoms with van der Waals surface area (Å²) in [6.45, 7) is 1.73. The number of carbonyl (C=O) groups excluding carboxylic acids is 2. The van der Waals surface area contributed by atoms with Gasteiger partial charge in [0.1, 0.15) is 18.1 Å². The predicted octanol–water partition coefficient (Wildman–Crippen LogP) is 1.32. The number of piperidine rings is 1. The summed E-state index contributed by atoms with van der Waals surface area (Å²) in [5, 5.41) is 2.89. The van der Waals surface area contributed by atoms with Crippen molar-refractivity contribution in [3.8, 4) is 11.5 Å². The van der Waals surface area contributed by atoms with Gasteiger partial charge >= 0.3 is 0 Å². The molecule has 1 aromatic rings. The van der Waals surface area contributed by atoms with Gasteiger partial charge in [0.05, 0.1) is 12.7 Å². The van der Waals surface area contributed by atoms with E-state index in [4.69, 9.17) is 15.2 Å². The second-order valence-electron chi connectivity index (χ2n) is 6.85. The van der Waals surface area contributed by atoms with Gasteiger partial charge in [-0.3, -0.25) is 9.59 Å². The summed E-state index contributed by atoms with van der Waals surface area (Å²) >= 11 is 0. The largest absolute Gasteiger partial charge is 0.497 e. The van der Waals surface area contributed by atoms with Gasteiger partial charge in [0, 0.05) is 37.7 Å². The van der Waals surface area contributed by atoms with Crippen LogP contribution in [0, 0.1) is 0 Å². The fourth-order valence-electron chi connectivity index (χ4n) is 3.52. The Balaban J connectivity index is 1.72. The lowest BCUT2D eigenvalue weighted by Crippen LogP contribution is -2.50. The van der Waals surface area contributed by atoms with Crippen molar-refractivity contribution < 1.29 is 19.1 Å². The molecule has 0 aromatic heterocycles. The summed E-state index contributed by atoms with van der Waals surface area (Å²) in [7, 11) is 1.61. The van der Waals surface area contributed by atoms with Gasteiger partial charge in [-0.2, -0.15) is 0 Å². The lowest BCUT2D eigenvalue weighted by Gasteiger charge is -2.37. The fraction of sp³-hybridized carbons (Fsp3) is 0.500. The zero-order valence-electron chi connectivity index (χ0n) is 15.7. The first-order valence-electron chi connectivity index (χ1n) is 9.41. The Labute approximate surface area is 159 Å². The molecule has 1 unspecified atom stereocenters. The zero-order chi connectivity index (χ0) is 19.2. The first kappa shape index (κ1) is 19.2. The third-order valence-electron chi connectivity index (χ3n) is 5.00. The topological polar surface area (TPSA) is 93.9 Å². The Bertz CT molecular complexity index is 732. The summed E-state index contributed by atoms with van der Waals surface area (Å²) in [5.41, 5.74) is 6.88. The quantitative estimate of drug-likeness (QED) is 0.784. The Morgan fingerprint density at radius 1 is 1.37 bits per heavy atom. The maximum absolute atomic E-state index is 13.1. The number of rotatable bonds is 6. The van der Waals surface area contributed by atoms with Crippen molar-refractivity contribution in [2.24, 2.45) is 5.73 Å². The van der Waals surface area contributed by atoms with Crippen molar-refractivity contribution >= 4 is 17.9 Å². The lowest BCUT2D eigenvalue weighted by atomic mass is 9.99. The van der Waals surface area contributed by atoms with Crippen LogP contribution in [0.15, 0.2) is 23.8 Å². The number of benzene rings is 1. The molecule has 146 valence electrons. The van der Waals surface area contributed by atoms with E-state index in [0.717, 1.165) is 36.3 Å². The number of hydrogen-bond donors (Lipinski definition) is 2. The lowest BCUT2D eigenvalue weighted by molar-refractivity contribution is -0.131. The van der Waals surface area contributed by atoms with Crippen LogP contribution < -0.4 is 20.5 Å². The van der Waals surface area contributed by atoms with Crippen LogP contribution in [-0.4, -0.2) is 56.1 Å². The van der Waals surface area contributed by atoms with Gasteiger partial charge in [-0.1, -0.05) is 0 Å². The molecule has 27 heavy (non-hydrogen) atoms. The van der Waals surface area contributed by atoms with Crippen LogP contribution in [-0.2, 0) is 9.59 Å². The molecule has 2 aliphatic heterocycles. The number of carbonyl (C=O) groups is 2. The van der Waals surface area contributed by atoms with Crippen molar-refractivity contribution in [2.45, 2.75) is 31.7 Å². The number of ether oxygens (including phenoxy) is 2. The number of amides is 2. The summed E-state index contributed by atoms with van der Waals surface area (Å²) < 4.78 is 11.0. The van der Waals surface area contributed by atoms with Crippen LogP contribution in [0.3, 0.4) is 0 Å². The molecule has 0 spiro atoms. The second-order valence-corrected chi connectivity index (χ2v) is 6.85. The Kier molecular flexibility index (Phi) is 6.34. The van der Waals surface area contributed by atoms with Crippen molar-refractivity contribution in [3.05, 3.63) is 29.3 Å². The number of hydrogen-bond acceptors (Lipinski definition) is 5. The van der Waals surface area contributed by atoms with E-state index in [1.54, 1.807) is 7.11 Å². The molecule has 0 radical (unpaired) electrons. The molecule has 0 aliphatic carbocycles. The summed E-state index contributed by atoms with van der Waals surface area (Å²) in [5.74, 6) is 1.37. The minimum Gasteiger partial charge on any atom is -0.497 e. The number of nitrogens with two attached hydrogens (primary N) is 1. The van der Waals surface area contributed by atoms with Crippen molar-refractivity contribution in [2.75, 3.05) is 33.4 Å². The first-order chi connectivity index (χ1) is 13.1. The highest BCUT2D eigenvalue weighted by Crippen LogP contribution is 2.31. The number of likely N-dealkylation sites (tertiary alicyclic amines) is 1. The predicted molar refractivity (Wildman–Crippen MR) is 102 cm³/mol. The van der Waals surface area contributed by atoms with Crippen molar-refractivity contribution in [1.82, 2.24) is 10.2 Å². The maximum Gasteiger partial charge on any atom is 0.253 e. The molecule has 0 bridgehead atoms. The van der Waals surface area contributed by atoms with E-state index in [9.17, 15) is 9.59 Å². The van der Waals surface area contributed by atoms with Gasteiger partial charge < -0.3 is 25.4 Å². The fourth-order valence-corrected chi connectivity index (χ4v) is 3.52. The Morgan fingerprint density at radius 2 is 2.22 bits per heavy atom. The Hall–Kier alpha value is -2.54. The molecular formula is C20H27N3O4. The molecule has 3 rings (SSSR count). The average molecular weight is 373 g/mol. The van der Waals surface area contributed by atoms with Crippen LogP contribution in [0.2, 0.25) is 0 Å². The molecule has 7 nitrogen and oxygen atoms in total. The van der Waals surface area contributed by atoms with Gasteiger partial charge in [-0.05, 0) is 43.5 Å². The number of nitrogens with one attached hydrogen (secondary N) is 1. The van der Waals surface area contributed by atoms with E-state index in [1.165, 1.54) is 0 Å². The van der Waals surface area contributed by atoms with E-state index in [0.29, 0.717) is 31.6 Å². The van der Waals surface area contributed by atoms with Gasteiger partial charge in [-0.15, -0.1) is 0 Å². The van der Waals surface area contributed by atoms with E-state index < -0.39 is 0 Å². The third kappa shape index (κ3) is 4.60. The molecule has 1 aromatic carbocycles. The molecule has 7 heteroatoms. The SMILES string of the molecule is COc1ccc2c(c1)C=C(C(=O)N1CCCCC1CNC(=O)CCN)CO2. The van der Waals surface area contributed by atoms with Gasteiger partial charge in [0.2, 0.25) is 5.91 Å². The first-order valence-corrected chi connectivity index (χ1v) is 9.41. The molecular weight excluding hydrogens is 346 g/mol. The highest BCUT2D eigenvalue weighted by Gasteiger charge is 2.30. The average Bonchev–Trinajstić information content (AvgIpc) is 2.71. The molecule has 2 amide bonds. The van der Waals surface area contributed by atoms with Crippen LogP contribution in [0.1, 0.15) is 31.2 Å². The normalized spacial score (nSPS) is 18.8.